The molecule has 0 unspecified atom stereocenters. The lowest BCUT2D eigenvalue weighted by Gasteiger charge is -2.29. The molecule has 0 atom stereocenters. The largest absolute Gasteiger partial charge is 0.378 e. The fraction of sp³-hybridized carbons (Fsp3) is 0.364. The van der Waals surface area contributed by atoms with E-state index in [0.29, 0.717) is 0 Å². The normalized spacial score (nSPS) is 16.4. The number of fused-ring (bicyclic) bond motifs is 1. The van der Waals surface area contributed by atoms with Crippen LogP contribution in [-0.2, 0) is 4.74 Å². The van der Waals surface area contributed by atoms with Gasteiger partial charge in [0.2, 0.25) is 0 Å². The number of rotatable bonds is 1. The second-order valence-corrected chi connectivity index (χ2v) is 4.97. The van der Waals surface area contributed by atoms with Gasteiger partial charge in [-0.3, -0.25) is 0 Å². The van der Waals surface area contributed by atoms with Gasteiger partial charge in [0, 0.05) is 18.7 Å². The van der Waals surface area contributed by atoms with Crippen LogP contribution in [0, 0.1) is 0 Å². The highest BCUT2D eigenvalue weighted by atomic mass is 32.1. The molecule has 17 heavy (non-hydrogen) atoms. The Hall–Kier alpha value is -1.11. The Morgan fingerprint density at radius 2 is 2.18 bits per heavy atom. The van der Waals surface area contributed by atoms with Crippen molar-refractivity contribution >= 4 is 39.0 Å². The maximum absolute atomic E-state index is 5.56. The molecule has 1 aliphatic rings. The third kappa shape index (κ3) is 2.03. The van der Waals surface area contributed by atoms with Crippen molar-refractivity contribution in [2.45, 2.75) is 0 Å². The van der Waals surface area contributed by atoms with Gasteiger partial charge in [-0.15, -0.1) is 5.10 Å². The second kappa shape index (κ2) is 4.64. The maximum atomic E-state index is 5.56. The first-order valence-corrected chi connectivity index (χ1v) is 6.62. The van der Waals surface area contributed by atoms with Crippen molar-refractivity contribution in [3.05, 3.63) is 23.8 Å². The molecule has 2 heterocycles. The van der Waals surface area contributed by atoms with Crippen LogP contribution in [0.2, 0.25) is 0 Å². The lowest BCUT2D eigenvalue weighted by atomic mass is 10.2. The summed E-state index contributed by atoms with van der Waals surface area (Å²) < 4.78 is 10.4. The molecule has 4 nitrogen and oxygen atoms in total. The number of aromatic nitrogens is 2. The summed E-state index contributed by atoms with van der Waals surface area (Å²) in [6.45, 7) is 3.22. The molecular weight excluding hydrogens is 254 g/mol. The van der Waals surface area contributed by atoms with Gasteiger partial charge in [0.25, 0.3) is 0 Å². The Labute approximate surface area is 108 Å². The highest BCUT2D eigenvalue weighted by Gasteiger charge is 2.17. The molecule has 1 fully saturated rings. The molecule has 1 aromatic heterocycles. The zero-order valence-corrected chi connectivity index (χ0v) is 10.8. The zero-order chi connectivity index (χ0) is 11.7. The maximum Gasteiger partial charge on any atom is 0.110 e. The van der Waals surface area contributed by atoms with Gasteiger partial charge >= 0.3 is 0 Å². The first-order chi connectivity index (χ1) is 8.36. The predicted molar refractivity (Wildman–Crippen MR) is 71.5 cm³/mol. The fourth-order valence-corrected chi connectivity index (χ4v) is 3.00. The van der Waals surface area contributed by atoms with Crippen molar-refractivity contribution < 1.29 is 4.74 Å². The highest BCUT2D eigenvalue weighted by molar-refractivity contribution is 7.80. The van der Waals surface area contributed by atoms with Gasteiger partial charge < -0.3 is 9.64 Å². The van der Waals surface area contributed by atoms with Gasteiger partial charge in [0.1, 0.15) is 10.5 Å². The van der Waals surface area contributed by atoms with E-state index >= 15 is 0 Å². The number of thiocarbonyl (C=S) groups is 1. The third-order valence-electron chi connectivity index (χ3n) is 2.80. The molecule has 0 bridgehead atoms. The molecule has 0 N–H and O–H groups in total. The van der Waals surface area contributed by atoms with Gasteiger partial charge in [0.15, 0.2) is 0 Å². The number of morpholine rings is 1. The standard InChI is InChI=1S/C11H11N3OS2/c16-11(14-4-6-15-7-5-14)8-2-1-3-9-10(8)17-13-12-9/h1-3H,4-7H2. The lowest BCUT2D eigenvalue weighted by molar-refractivity contribution is 0.0693. The third-order valence-corrected chi connectivity index (χ3v) is 4.06. The van der Waals surface area contributed by atoms with Crippen molar-refractivity contribution in [3.63, 3.8) is 0 Å². The minimum Gasteiger partial charge on any atom is -0.378 e. The van der Waals surface area contributed by atoms with E-state index < -0.39 is 0 Å². The molecule has 1 aliphatic heterocycles. The van der Waals surface area contributed by atoms with E-state index in [9.17, 15) is 0 Å². The predicted octanol–water partition coefficient (Wildman–Crippen LogP) is 1.70. The Morgan fingerprint density at radius 3 is 3.00 bits per heavy atom. The quantitative estimate of drug-likeness (QED) is 0.734. The van der Waals surface area contributed by atoms with Crippen molar-refractivity contribution in [1.29, 1.82) is 0 Å². The first kappa shape index (κ1) is 11.0. The topological polar surface area (TPSA) is 38.2 Å². The summed E-state index contributed by atoms with van der Waals surface area (Å²) in [5, 5.41) is 4.07. The summed E-state index contributed by atoms with van der Waals surface area (Å²) in [4.78, 5) is 3.07. The van der Waals surface area contributed by atoms with E-state index in [1.165, 1.54) is 11.5 Å². The van der Waals surface area contributed by atoms with Crippen molar-refractivity contribution in [2.75, 3.05) is 26.3 Å². The van der Waals surface area contributed by atoms with Gasteiger partial charge in [0.05, 0.1) is 17.9 Å². The number of benzene rings is 1. The Bertz CT molecular complexity index is 548. The summed E-state index contributed by atoms with van der Waals surface area (Å²) in [5.41, 5.74) is 1.98. The molecule has 0 saturated carbocycles. The van der Waals surface area contributed by atoms with E-state index in [4.69, 9.17) is 17.0 Å². The van der Waals surface area contributed by atoms with E-state index in [2.05, 4.69) is 14.5 Å². The van der Waals surface area contributed by atoms with Gasteiger partial charge in [-0.2, -0.15) is 0 Å². The van der Waals surface area contributed by atoms with Crippen LogP contribution in [0.1, 0.15) is 5.56 Å². The number of hydrogen-bond donors (Lipinski definition) is 0. The molecule has 3 rings (SSSR count). The number of ether oxygens (including phenoxy) is 1. The Morgan fingerprint density at radius 1 is 1.35 bits per heavy atom. The van der Waals surface area contributed by atoms with E-state index in [1.807, 2.05) is 18.2 Å². The van der Waals surface area contributed by atoms with Crippen LogP contribution in [0.25, 0.3) is 10.2 Å². The second-order valence-electron chi connectivity index (χ2n) is 3.83. The average molecular weight is 265 g/mol. The van der Waals surface area contributed by atoms with Gasteiger partial charge in [-0.25, -0.2) is 0 Å². The van der Waals surface area contributed by atoms with Crippen LogP contribution >= 0.6 is 23.8 Å². The van der Waals surface area contributed by atoms with E-state index in [1.54, 1.807) is 0 Å². The minimum absolute atomic E-state index is 0.747. The first-order valence-electron chi connectivity index (χ1n) is 5.44. The molecular formula is C11H11N3OS2. The molecule has 1 aromatic carbocycles. The summed E-state index contributed by atoms with van der Waals surface area (Å²) in [6, 6.07) is 5.98. The van der Waals surface area contributed by atoms with Crippen molar-refractivity contribution in [1.82, 2.24) is 14.5 Å². The molecule has 0 amide bonds. The van der Waals surface area contributed by atoms with Crippen LogP contribution in [0.5, 0.6) is 0 Å². The van der Waals surface area contributed by atoms with Crippen LogP contribution in [0.4, 0.5) is 0 Å². The lowest BCUT2D eigenvalue weighted by Crippen LogP contribution is -2.40. The molecule has 1 saturated heterocycles. The summed E-state index contributed by atoms with van der Waals surface area (Å²) >= 11 is 6.96. The Balaban J connectivity index is 1.97. The van der Waals surface area contributed by atoms with Crippen LogP contribution < -0.4 is 0 Å². The monoisotopic (exact) mass is 265 g/mol. The minimum atomic E-state index is 0.747. The van der Waals surface area contributed by atoms with Gasteiger partial charge in [-0.05, 0) is 17.6 Å². The van der Waals surface area contributed by atoms with Crippen molar-refractivity contribution in [3.8, 4) is 0 Å². The van der Waals surface area contributed by atoms with Crippen LogP contribution in [0.15, 0.2) is 18.2 Å². The zero-order valence-electron chi connectivity index (χ0n) is 9.13. The molecule has 6 heteroatoms. The van der Waals surface area contributed by atoms with Gasteiger partial charge in [-0.1, -0.05) is 28.8 Å². The van der Waals surface area contributed by atoms with Crippen LogP contribution in [0.3, 0.4) is 0 Å². The average Bonchev–Trinajstić information content (AvgIpc) is 2.87. The highest BCUT2D eigenvalue weighted by Crippen LogP contribution is 2.22. The van der Waals surface area contributed by atoms with Crippen LogP contribution in [-0.4, -0.2) is 45.8 Å². The summed E-state index contributed by atoms with van der Waals surface area (Å²) in [7, 11) is 0. The molecule has 88 valence electrons. The number of hydrogen-bond acceptors (Lipinski definition) is 5. The SMILES string of the molecule is S=C(c1cccc2nnsc12)N1CCOCC1. The summed E-state index contributed by atoms with van der Waals surface area (Å²) in [5.74, 6) is 0. The summed E-state index contributed by atoms with van der Waals surface area (Å²) in [6.07, 6.45) is 0. The van der Waals surface area contributed by atoms with Crippen molar-refractivity contribution in [2.24, 2.45) is 0 Å². The molecule has 0 radical (unpaired) electrons. The smallest absolute Gasteiger partial charge is 0.110 e. The molecule has 0 aliphatic carbocycles. The Kier molecular flexibility index (Phi) is 3.00. The number of nitrogens with zero attached hydrogens (tertiary/aromatic N) is 3. The van der Waals surface area contributed by atoms with E-state index in [0.717, 1.165) is 47.1 Å². The molecule has 0 spiro atoms. The fourth-order valence-electron chi connectivity index (χ4n) is 1.91. The van der Waals surface area contributed by atoms with E-state index in [-0.39, 0.29) is 0 Å². The molecule has 2 aromatic rings.